The summed E-state index contributed by atoms with van der Waals surface area (Å²) >= 11 is 1.35. The Bertz CT molecular complexity index is 441. The van der Waals surface area contributed by atoms with Crippen molar-refractivity contribution in [1.82, 2.24) is 10.2 Å². The third kappa shape index (κ3) is 2.73. The van der Waals surface area contributed by atoms with E-state index in [0.29, 0.717) is 16.5 Å². The van der Waals surface area contributed by atoms with Gasteiger partial charge in [0.15, 0.2) is 5.78 Å². The van der Waals surface area contributed by atoms with Crippen molar-refractivity contribution in [2.45, 2.75) is 19.9 Å². The van der Waals surface area contributed by atoms with Crippen molar-refractivity contribution in [3.8, 4) is 0 Å². The van der Waals surface area contributed by atoms with E-state index in [9.17, 15) is 9.59 Å². The lowest BCUT2D eigenvalue weighted by Crippen LogP contribution is -2.51. The molecule has 92 valence electrons. The molecule has 1 fully saturated rings. The molecule has 0 saturated carbocycles. The topological polar surface area (TPSA) is 49.4 Å². The fourth-order valence-electron chi connectivity index (χ4n) is 1.91. The van der Waals surface area contributed by atoms with Crippen molar-refractivity contribution in [2.75, 3.05) is 19.6 Å². The maximum Gasteiger partial charge on any atom is 0.264 e. The van der Waals surface area contributed by atoms with E-state index in [1.165, 1.54) is 18.3 Å². The Labute approximate surface area is 105 Å². The number of nitrogens with one attached hydrogen (secondary N) is 1. The van der Waals surface area contributed by atoms with Gasteiger partial charge in [-0.3, -0.25) is 9.59 Å². The second-order valence-corrected chi connectivity index (χ2v) is 5.27. The summed E-state index contributed by atoms with van der Waals surface area (Å²) < 4.78 is 0. The van der Waals surface area contributed by atoms with Gasteiger partial charge in [0.1, 0.15) is 0 Å². The van der Waals surface area contributed by atoms with Gasteiger partial charge in [-0.25, -0.2) is 0 Å². The number of thiophene rings is 1. The van der Waals surface area contributed by atoms with Crippen LogP contribution in [0.25, 0.3) is 0 Å². The number of rotatable bonds is 2. The van der Waals surface area contributed by atoms with E-state index >= 15 is 0 Å². The van der Waals surface area contributed by atoms with E-state index < -0.39 is 0 Å². The number of amides is 1. The van der Waals surface area contributed by atoms with E-state index in [1.807, 2.05) is 4.90 Å². The fraction of sp³-hybridized carbons (Fsp3) is 0.500. The summed E-state index contributed by atoms with van der Waals surface area (Å²) in [6, 6.07) is 2.03. The summed E-state index contributed by atoms with van der Waals surface area (Å²) in [6.07, 6.45) is 0. The molecule has 1 aromatic rings. The van der Waals surface area contributed by atoms with Crippen molar-refractivity contribution in [2.24, 2.45) is 0 Å². The zero-order valence-electron chi connectivity index (χ0n) is 10.0. The molecular formula is C12H16N2O2S. The molecule has 0 bridgehead atoms. The quantitative estimate of drug-likeness (QED) is 0.809. The molecule has 0 spiro atoms. The molecule has 2 rings (SSSR count). The number of carbonyl (C=O) groups excluding carboxylic acids is 2. The Morgan fingerprint density at radius 3 is 2.88 bits per heavy atom. The molecule has 1 aliphatic heterocycles. The predicted octanol–water partition coefficient (Wildman–Crippen LogP) is 1.38. The molecule has 4 nitrogen and oxygen atoms in total. The molecule has 1 aliphatic rings. The van der Waals surface area contributed by atoms with Crippen LogP contribution in [0, 0.1) is 0 Å². The number of nitrogens with zero attached hydrogens (tertiary/aromatic N) is 1. The minimum atomic E-state index is 0.00831. The highest BCUT2D eigenvalue weighted by Gasteiger charge is 2.22. The van der Waals surface area contributed by atoms with Crippen LogP contribution in [0.3, 0.4) is 0 Å². The summed E-state index contributed by atoms with van der Waals surface area (Å²) in [5.74, 6) is 0.0461. The first kappa shape index (κ1) is 12.3. The Kier molecular flexibility index (Phi) is 3.59. The van der Waals surface area contributed by atoms with Crippen LogP contribution in [0.1, 0.15) is 33.9 Å². The highest BCUT2D eigenvalue weighted by atomic mass is 32.1. The molecule has 1 aromatic heterocycles. The average molecular weight is 252 g/mol. The normalized spacial score (nSPS) is 20.4. The van der Waals surface area contributed by atoms with Crippen LogP contribution >= 0.6 is 11.3 Å². The van der Waals surface area contributed by atoms with Gasteiger partial charge in [0.2, 0.25) is 0 Å². The molecule has 1 unspecified atom stereocenters. The van der Waals surface area contributed by atoms with E-state index in [-0.39, 0.29) is 11.7 Å². The SMILES string of the molecule is CC(=O)c1csc(C(=O)N2CCNC(C)C2)c1. The van der Waals surface area contributed by atoms with Crippen molar-refractivity contribution < 1.29 is 9.59 Å². The van der Waals surface area contributed by atoms with Gasteiger partial charge in [0, 0.05) is 36.6 Å². The third-order valence-electron chi connectivity index (χ3n) is 2.87. The van der Waals surface area contributed by atoms with E-state index in [2.05, 4.69) is 12.2 Å². The van der Waals surface area contributed by atoms with Crippen LogP contribution in [0.15, 0.2) is 11.4 Å². The van der Waals surface area contributed by atoms with Gasteiger partial charge in [-0.1, -0.05) is 0 Å². The molecule has 1 amide bonds. The number of piperazine rings is 1. The van der Waals surface area contributed by atoms with Crippen molar-refractivity contribution in [3.63, 3.8) is 0 Å². The van der Waals surface area contributed by atoms with Crippen LogP contribution in [0.5, 0.6) is 0 Å². The zero-order valence-corrected chi connectivity index (χ0v) is 10.8. The van der Waals surface area contributed by atoms with Crippen LogP contribution < -0.4 is 5.32 Å². The molecule has 5 heteroatoms. The van der Waals surface area contributed by atoms with Crippen molar-refractivity contribution in [1.29, 1.82) is 0 Å². The lowest BCUT2D eigenvalue weighted by Gasteiger charge is -2.31. The molecule has 1 saturated heterocycles. The van der Waals surface area contributed by atoms with Crippen LogP contribution in [0.2, 0.25) is 0 Å². The first-order chi connectivity index (χ1) is 8.08. The Morgan fingerprint density at radius 1 is 1.53 bits per heavy atom. The van der Waals surface area contributed by atoms with Gasteiger partial charge >= 0.3 is 0 Å². The molecule has 1 N–H and O–H groups in total. The standard InChI is InChI=1S/C12H16N2O2S/c1-8-6-14(4-3-13-8)12(16)11-5-10(7-17-11)9(2)15/h5,7-8,13H,3-4,6H2,1-2H3. The number of ketones is 1. The largest absolute Gasteiger partial charge is 0.335 e. The summed E-state index contributed by atoms with van der Waals surface area (Å²) in [7, 11) is 0. The molecule has 1 atom stereocenters. The Morgan fingerprint density at radius 2 is 2.29 bits per heavy atom. The van der Waals surface area contributed by atoms with Gasteiger partial charge in [0.25, 0.3) is 5.91 Å². The maximum absolute atomic E-state index is 12.2. The second-order valence-electron chi connectivity index (χ2n) is 4.36. The zero-order chi connectivity index (χ0) is 12.4. The Hall–Kier alpha value is -1.20. The first-order valence-corrected chi connectivity index (χ1v) is 6.58. The number of Topliss-reactive ketones (excluding diaryl/α,β-unsaturated/α-hetero) is 1. The molecular weight excluding hydrogens is 236 g/mol. The molecule has 17 heavy (non-hydrogen) atoms. The smallest absolute Gasteiger partial charge is 0.264 e. The van der Waals surface area contributed by atoms with E-state index in [1.54, 1.807) is 11.4 Å². The number of carbonyl (C=O) groups is 2. The highest BCUT2D eigenvalue weighted by Crippen LogP contribution is 2.18. The predicted molar refractivity (Wildman–Crippen MR) is 67.7 cm³/mol. The van der Waals surface area contributed by atoms with Gasteiger partial charge in [-0.2, -0.15) is 0 Å². The van der Waals surface area contributed by atoms with Crippen LogP contribution in [-0.4, -0.2) is 42.3 Å². The average Bonchev–Trinajstić information content (AvgIpc) is 2.77. The summed E-state index contributed by atoms with van der Waals surface area (Å²) in [5, 5.41) is 5.05. The number of hydrogen-bond donors (Lipinski definition) is 1. The van der Waals surface area contributed by atoms with E-state index in [4.69, 9.17) is 0 Å². The molecule has 0 aromatic carbocycles. The van der Waals surface area contributed by atoms with Gasteiger partial charge in [0.05, 0.1) is 4.88 Å². The third-order valence-corrected chi connectivity index (χ3v) is 3.79. The lowest BCUT2D eigenvalue weighted by atomic mass is 10.2. The summed E-state index contributed by atoms with van der Waals surface area (Å²) in [5.41, 5.74) is 0.626. The van der Waals surface area contributed by atoms with E-state index in [0.717, 1.165) is 19.6 Å². The summed E-state index contributed by atoms with van der Waals surface area (Å²) in [6.45, 7) is 5.87. The second kappa shape index (κ2) is 4.98. The monoisotopic (exact) mass is 252 g/mol. The highest BCUT2D eigenvalue weighted by molar-refractivity contribution is 7.12. The number of hydrogen-bond acceptors (Lipinski definition) is 4. The van der Waals surface area contributed by atoms with Crippen molar-refractivity contribution >= 4 is 23.0 Å². The van der Waals surface area contributed by atoms with Crippen LogP contribution in [-0.2, 0) is 0 Å². The van der Waals surface area contributed by atoms with Gasteiger partial charge < -0.3 is 10.2 Å². The summed E-state index contributed by atoms with van der Waals surface area (Å²) in [4.78, 5) is 25.9. The van der Waals surface area contributed by atoms with Crippen LogP contribution in [0.4, 0.5) is 0 Å². The van der Waals surface area contributed by atoms with Gasteiger partial charge in [-0.05, 0) is 19.9 Å². The molecule has 2 heterocycles. The maximum atomic E-state index is 12.2. The lowest BCUT2D eigenvalue weighted by molar-refractivity contribution is 0.0714. The minimum absolute atomic E-state index is 0.00831. The van der Waals surface area contributed by atoms with Crippen molar-refractivity contribution in [3.05, 3.63) is 21.9 Å². The minimum Gasteiger partial charge on any atom is -0.335 e. The van der Waals surface area contributed by atoms with Gasteiger partial charge in [-0.15, -0.1) is 11.3 Å². The fourth-order valence-corrected chi connectivity index (χ4v) is 2.82. The Balaban J connectivity index is 2.10. The molecule has 0 aliphatic carbocycles. The molecule has 0 radical (unpaired) electrons. The first-order valence-electron chi connectivity index (χ1n) is 5.70.